The molecule has 208 valence electrons. The number of phenols is 1. The van der Waals surface area contributed by atoms with Crippen LogP contribution in [0.4, 0.5) is 0 Å². The van der Waals surface area contributed by atoms with Gasteiger partial charge in [-0.2, -0.15) is 0 Å². The number of benzene rings is 1. The summed E-state index contributed by atoms with van der Waals surface area (Å²) in [4.78, 5) is 40.7. The number of phenolic OH excluding ortho intramolecular Hbond substituents is 1. The number of Topliss-reactive ketones (excluding diaryl/α,β-unsaturated/α-hetero) is 2. The van der Waals surface area contributed by atoms with Crippen molar-refractivity contribution >= 4 is 35.8 Å². The number of rotatable bonds is 3. The number of hydrogen-bond acceptors (Lipinski definition) is 10. The average molecular weight is 540 g/mol. The predicted molar refractivity (Wildman–Crippen MR) is 140 cm³/mol. The lowest BCUT2D eigenvalue weighted by atomic mass is 9.56. The highest BCUT2D eigenvalue weighted by atomic mass is 16.7. The van der Waals surface area contributed by atoms with E-state index in [1.54, 1.807) is 20.2 Å². The molecule has 4 atom stereocenters. The first-order valence-electron chi connectivity index (χ1n) is 12.8. The maximum absolute atomic E-state index is 13.9. The van der Waals surface area contributed by atoms with Crippen molar-refractivity contribution in [2.75, 3.05) is 14.1 Å². The Morgan fingerprint density at radius 2 is 1.67 bits per heavy atom. The minimum Gasteiger partial charge on any atom is -0.508 e. The van der Waals surface area contributed by atoms with Crippen molar-refractivity contribution in [3.8, 4) is 5.75 Å². The zero-order valence-electron chi connectivity index (χ0n) is 22.7. The summed E-state index contributed by atoms with van der Waals surface area (Å²) < 4.78 is 12.4. The van der Waals surface area contributed by atoms with E-state index < -0.39 is 76.4 Å². The van der Waals surface area contributed by atoms with Crippen LogP contribution in [0.2, 0.25) is 0 Å². The minimum absolute atomic E-state index is 0.00139. The fourth-order valence-corrected chi connectivity index (χ4v) is 6.46. The topological polar surface area (TPSA) is 180 Å². The number of likely N-dealkylation sites (N-methyl/N-ethyl adjacent to an activating group) is 1. The van der Waals surface area contributed by atoms with Crippen molar-refractivity contribution in [3.63, 3.8) is 0 Å². The molecule has 0 spiro atoms. The molecule has 12 heteroatoms. The van der Waals surface area contributed by atoms with Gasteiger partial charge in [0.15, 0.2) is 11.4 Å². The second-order valence-electron chi connectivity index (χ2n) is 12.1. The van der Waals surface area contributed by atoms with Gasteiger partial charge in [0.05, 0.1) is 22.8 Å². The lowest BCUT2D eigenvalue weighted by molar-refractivity contribution is -0.153. The Morgan fingerprint density at radius 1 is 1.08 bits per heavy atom. The molecule has 1 saturated carbocycles. The van der Waals surface area contributed by atoms with Gasteiger partial charge in [0, 0.05) is 11.5 Å². The number of hydrogen-bond donors (Lipinski definition) is 5. The predicted octanol–water partition coefficient (Wildman–Crippen LogP) is 0.263. The molecule has 1 heterocycles. The van der Waals surface area contributed by atoms with Crippen molar-refractivity contribution in [3.05, 3.63) is 40.2 Å². The SMILES string of the molecule is CN(C)[C@@H]1C(=O)C(C(N)=O)=C(O)[C@@]2(O)C(=O)C3=C(O)c4c(O)ccc(B5OC(C)(C)C(C)(C)O5)c4C[C@H]3C[C@@H]12. The van der Waals surface area contributed by atoms with Crippen LogP contribution in [0.5, 0.6) is 5.75 Å². The third kappa shape index (κ3) is 3.55. The summed E-state index contributed by atoms with van der Waals surface area (Å²) in [5, 5.41) is 44.8. The number of carbonyl (C=O) groups is 3. The van der Waals surface area contributed by atoms with Gasteiger partial charge in [-0.05, 0) is 77.6 Å². The highest BCUT2D eigenvalue weighted by Gasteiger charge is 2.64. The second kappa shape index (κ2) is 8.41. The van der Waals surface area contributed by atoms with Crippen LogP contribution >= 0.6 is 0 Å². The molecule has 0 aromatic heterocycles. The molecule has 1 aliphatic heterocycles. The molecule has 11 nitrogen and oxygen atoms in total. The molecular formula is C27H33BN2O9. The Bertz CT molecular complexity index is 1380. The molecule has 0 radical (unpaired) electrons. The molecule has 1 aromatic rings. The van der Waals surface area contributed by atoms with Crippen LogP contribution in [0.25, 0.3) is 5.76 Å². The number of aliphatic hydroxyl groups excluding tert-OH is 2. The highest BCUT2D eigenvalue weighted by molar-refractivity contribution is 6.62. The first kappa shape index (κ1) is 27.4. The molecule has 5 rings (SSSR count). The van der Waals surface area contributed by atoms with Crippen LogP contribution in [0.1, 0.15) is 45.2 Å². The standard InChI is InChI=1S/C27H33BN2O9/c1-25(2)26(3,4)39-28(38-25)14-7-8-15(31)17-12(14)9-11-10-13-19(30(5)6)21(33)18(24(29)36)23(35)27(13,37)22(34)16(11)20(17)32/h7-8,11,13,19,31-32,35,37H,9-10H2,1-6H3,(H2,29,36)/t11-,13-,19-,27-/m0/s1. The average Bonchev–Trinajstić information content (AvgIpc) is 3.02. The Balaban J connectivity index is 1.69. The number of amides is 1. The summed E-state index contributed by atoms with van der Waals surface area (Å²) in [6.45, 7) is 7.60. The van der Waals surface area contributed by atoms with E-state index in [9.17, 15) is 34.8 Å². The van der Waals surface area contributed by atoms with Gasteiger partial charge in [-0.25, -0.2) is 0 Å². The zero-order valence-corrected chi connectivity index (χ0v) is 22.7. The van der Waals surface area contributed by atoms with Crippen LogP contribution in [0.15, 0.2) is 29.0 Å². The van der Waals surface area contributed by atoms with Gasteiger partial charge in [0.1, 0.15) is 22.8 Å². The first-order valence-corrected chi connectivity index (χ1v) is 12.8. The molecule has 6 N–H and O–H groups in total. The van der Waals surface area contributed by atoms with Gasteiger partial charge in [-0.15, -0.1) is 0 Å². The molecule has 3 aliphatic carbocycles. The summed E-state index contributed by atoms with van der Waals surface area (Å²) in [6.07, 6.45) is 0.159. The largest absolute Gasteiger partial charge is 0.508 e. The summed E-state index contributed by atoms with van der Waals surface area (Å²) in [5.74, 6) is -6.92. The molecule has 2 fully saturated rings. The van der Waals surface area contributed by atoms with E-state index in [1.165, 1.54) is 11.0 Å². The fourth-order valence-electron chi connectivity index (χ4n) is 6.46. The van der Waals surface area contributed by atoms with E-state index in [-0.39, 0.29) is 29.7 Å². The van der Waals surface area contributed by atoms with E-state index in [0.29, 0.717) is 11.0 Å². The fraction of sp³-hybridized carbons (Fsp3) is 0.519. The summed E-state index contributed by atoms with van der Waals surface area (Å²) in [6, 6.07) is 1.87. The number of primary amides is 1. The number of ketones is 2. The second-order valence-corrected chi connectivity index (χ2v) is 12.1. The first-order chi connectivity index (χ1) is 18.0. The van der Waals surface area contributed by atoms with Crippen molar-refractivity contribution in [2.24, 2.45) is 17.6 Å². The van der Waals surface area contributed by atoms with E-state index >= 15 is 0 Å². The van der Waals surface area contributed by atoms with Gasteiger partial charge in [-0.3, -0.25) is 19.3 Å². The molecule has 0 unspecified atom stereocenters. The van der Waals surface area contributed by atoms with E-state index in [2.05, 4.69) is 0 Å². The van der Waals surface area contributed by atoms with Gasteiger partial charge in [-0.1, -0.05) is 6.07 Å². The number of fused-ring (bicyclic) bond motifs is 3. The van der Waals surface area contributed by atoms with E-state index in [1.807, 2.05) is 27.7 Å². The molecule has 1 saturated heterocycles. The number of nitrogens with zero attached hydrogens (tertiary/aromatic N) is 1. The summed E-state index contributed by atoms with van der Waals surface area (Å²) in [7, 11) is 2.30. The van der Waals surface area contributed by atoms with Gasteiger partial charge in [0.2, 0.25) is 5.78 Å². The third-order valence-electron chi connectivity index (χ3n) is 9.15. The van der Waals surface area contributed by atoms with Crippen LogP contribution in [0, 0.1) is 11.8 Å². The zero-order chi connectivity index (χ0) is 29.0. The Hall–Kier alpha value is -3.19. The Morgan fingerprint density at radius 3 is 2.21 bits per heavy atom. The molecular weight excluding hydrogens is 507 g/mol. The quantitative estimate of drug-likeness (QED) is 0.264. The Labute approximate surface area is 226 Å². The maximum Gasteiger partial charge on any atom is 0.495 e. The lowest BCUT2D eigenvalue weighted by Crippen LogP contribution is -2.65. The highest BCUT2D eigenvalue weighted by Crippen LogP contribution is 2.52. The van der Waals surface area contributed by atoms with Crippen LogP contribution < -0.4 is 11.2 Å². The van der Waals surface area contributed by atoms with Crippen molar-refractivity contribution in [2.45, 2.75) is 63.4 Å². The van der Waals surface area contributed by atoms with Crippen LogP contribution in [0.3, 0.4) is 0 Å². The van der Waals surface area contributed by atoms with Crippen molar-refractivity contribution < 1.29 is 44.1 Å². The molecule has 0 bridgehead atoms. The van der Waals surface area contributed by atoms with Gasteiger partial charge >= 0.3 is 7.12 Å². The minimum atomic E-state index is -2.68. The van der Waals surface area contributed by atoms with E-state index in [0.717, 1.165) is 0 Å². The maximum atomic E-state index is 13.9. The number of carbonyl (C=O) groups excluding carboxylic acids is 3. The molecule has 1 aromatic carbocycles. The smallest absolute Gasteiger partial charge is 0.495 e. The third-order valence-corrected chi connectivity index (χ3v) is 9.15. The number of nitrogens with two attached hydrogens (primary N) is 1. The van der Waals surface area contributed by atoms with Crippen LogP contribution in [-0.2, 0) is 30.1 Å². The lowest BCUT2D eigenvalue weighted by Gasteiger charge is -2.50. The van der Waals surface area contributed by atoms with Gasteiger partial charge < -0.3 is 35.5 Å². The van der Waals surface area contributed by atoms with Crippen LogP contribution in [-0.4, -0.2) is 86.9 Å². The molecule has 1 amide bonds. The van der Waals surface area contributed by atoms with Crippen molar-refractivity contribution in [1.82, 2.24) is 4.90 Å². The summed E-state index contributed by atoms with van der Waals surface area (Å²) >= 11 is 0. The number of aliphatic hydroxyl groups is 3. The molecule has 39 heavy (non-hydrogen) atoms. The number of aromatic hydroxyl groups is 1. The van der Waals surface area contributed by atoms with Crippen molar-refractivity contribution in [1.29, 1.82) is 0 Å². The van der Waals surface area contributed by atoms with Gasteiger partial charge in [0.25, 0.3) is 5.91 Å². The summed E-state index contributed by atoms with van der Waals surface area (Å²) in [5.41, 5.74) is 1.41. The Kier molecular flexibility index (Phi) is 5.90. The van der Waals surface area contributed by atoms with E-state index in [4.69, 9.17) is 15.0 Å². The molecule has 4 aliphatic rings. The normalized spacial score (nSPS) is 31.4. The monoisotopic (exact) mass is 540 g/mol.